The molecule has 0 amide bonds. The fourth-order valence-corrected chi connectivity index (χ4v) is 3.88. The van der Waals surface area contributed by atoms with E-state index in [4.69, 9.17) is 0 Å². The molecule has 2 aromatic carbocycles. The molecule has 0 N–H and O–H groups in total. The summed E-state index contributed by atoms with van der Waals surface area (Å²) < 4.78 is 0. The molecule has 1 aliphatic heterocycles. The van der Waals surface area contributed by atoms with E-state index in [1.54, 1.807) is 0 Å². The molecule has 22 heavy (non-hydrogen) atoms. The van der Waals surface area contributed by atoms with E-state index in [1.165, 1.54) is 50.0 Å². The molecular formula is C21H27N. The highest BCUT2D eigenvalue weighted by atomic mass is 15.1. The number of hydrogen-bond acceptors (Lipinski definition) is 1. The first-order chi connectivity index (χ1) is 10.9. The van der Waals surface area contributed by atoms with E-state index in [1.807, 2.05) is 0 Å². The zero-order chi connectivity index (χ0) is 15.2. The Balaban J connectivity index is 1.81. The zero-order valence-electron chi connectivity index (χ0n) is 13.6. The van der Waals surface area contributed by atoms with Crippen molar-refractivity contribution in [3.63, 3.8) is 0 Å². The summed E-state index contributed by atoms with van der Waals surface area (Å²) in [5.74, 6) is 1.31. The maximum Gasteiger partial charge on any atom is 0.0119 e. The third kappa shape index (κ3) is 3.59. The van der Waals surface area contributed by atoms with Gasteiger partial charge in [-0.2, -0.15) is 0 Å². The van der Waals surface area contributed by atoms with Gasteiger partial charge in [0.25, 0.3) is 0 Å². The van der Waals surface area contributed by atoms with Crippen molar-refractivity contribution >= 4 is 0 Å². The number of rotatable bonds is 5. The summed E-state index contributed by atoms with van der Waals surface area (Å²) in [5.41, 5.74) is 2.95. The molecule has 116 valence electrons. The first kappa shape index (κ1) is 15.3. The Bertz CT molecular complexity index is 501. The third-order valence-corrected chi connectivity index (χ3v) is 4.96. The lowest BCUT2D eigenvalue weighted by Crippen LogP contribution is -2.36. The molecule has 0 saturated carbocycles. The summed E-state index contributed by atoms with van der Waals surface area (Å²) in [5, 5.41) is 0. The van der Waals surface area contributed by atoms with E-state index < -0.39 is 0 Å². The zero-order valence-corrected chi connectivity index (χ0v) is 13.6. The van der Waals surface area contributed by atoms with Crippen LogP contribution in [0.15, 0.2) is 60.7 Å². The number of benzene rings is 2. The average Bonchev–Trinajstić information content (AvgIpc) is 2.59. The highest BCUT2D eigenvalue weighted by Gasteiger charge is 2.28. The van der Waals surface area contributed by atoms with Crippen LogP contribution in [0.25, 0.3) is 0 Å². The number of nitrogens with zero attached hydrogens (tertiary/aromatic N) is 1. The molecule has 2 aromatic rings. The Labute approximate surface area is 135 Å². The van der Waals surface area contributed by atoms with Crippen LogP contribution in [0.5, 0.6) is 0 Å². The lowest BCUT2D eigenvalue weighted by molar-refractivity contribution is 0.175. The lowest BCUT2D eigenvalue weighted by atomic mass is 9.76. The molecule has 0 bridgehead atoms. The topological polar surface area (TPSA) is 3.24 Å². The Morgan fingerprint density at radius 3 is 1.82 bits per heavy atom. The Morgan fingerprint density at radius 1 is 0.864 bits per heavy atom. The van der Waals surface area contributed by atoms with Crippen LogP contribution in [-0.4, -0.2) is 24.5 Å². The van der Waals surface area contributed by atoms with Gasteiger partial charge in [0.15, 0.2) is 0 Å². The molecule has 0 aromatic heterocycles. The monoisotopic (exact) mass is 293 g/mol. The molecule has 1 aliphatic rings. The molecule has 0 spiro atoms. The predicted molar refractivity (Wildman–Crippen MR) is 94.2 cm³/mol. The van der Waals surface area contributed by atoms with E-state index in [2.05, 4.69) is 72.5 Å². The van der Waals surface area contributed by atoms with Gasteiger partial charge in [0.05, 0.1) is 0 Å². The molecule has 1 nitrogen and oxygen atoms in total. The number of hydrogen-bond donors (Lipinski definition) is 0. The molecule has 1 saturated heterocycles. The predicted octanol–water partition coefficient (Wildman–Crippen LogP) is 4.94. The van der Waals surface area contributed by atoms with Gasteiger partial charge in [0.1, 0.15) is 0 Å². The van der Waals surface area contributed by atoms with E-state index in [0.29, 0.717) is 5.92 Å². The van der Waals surface area contributed by atoms with Crippen molar-refractivity contribution in [1.29, 1.82) is 0 Å². The Kier molecular flexibility index (Phi) is 5.29. The minimum Gasteiger partial charge on any atom is -0.303 e. The van der Waals surface area contributed by atoms with E-state index in [-0.39, 0.29) is 0 Å². The van der Waals surface area contributed by atoms with Crippen LogP contribution in [0, 0.1) is 5.92 Å². The third-order valence-electron chi connectivity index (χ3n) is 4.96. The molecule has 1 heterocycles. The minimum absolute atomic E-state index is 0.547. The van der Waals surface area contributed by atoms with Crippen LogP contribution in [0.4, 0.5) is 0 Å². The molecule has 1 fully saturated rings. The smallest absolute Gasteiger partial charge is 0.0119 e. The van der Waals surface area contributed by atoms with Crippen LogP contribution in [-0.2, 0) is 0 Å². The summed E-state index contributed by atoms with van der Waals surface area (Å²) >= 11 is 0. The maximum atomic E-state index is 2.63. The van der Waals surface area contributed by atoms with Gasteiger partial charge in [-0.05, 0) is 55.9 Å². The first-order valence-corrected chi connectivity index (χ1v) is 8.70. The quantitative estimate of drug-likeness (QED) is 0.754. The summed E-state index contributed by atoms with van der Waals surface area (Å²) in [6, 6.07) is 22.2. The first-order valence-electron chi connectivity index (χ1n) is 8.70. The molecular weight excluding hydrogens is 266 g/mol. The van der Waals surface area contributed by atoms with Crippen LogP contribution >= 0.6 is 0 Å². The second-order valence-electron chi connectivity index (χ2n) is 6.48. The fourth-order valence-electron chi connectivity index (χ4n) is 3.88. The Morgan fingerprint density at radius 2 is 1.36 bits per heavy atom. The minimum atomic E-state index is 0.547. The molecule has 0 unspecified atom stereocenters. The van der Waals surface area contributed by atoms with Gasteiger partial charge in [0, 0.05) is 5.92 Å². The van der Waals surface area contributed by atoms with Gasteiger partial charge >= 0.3 is 0 Å². The van der Waals surface area contributed by atoms with E-state index in [0.717, 1.165) is 5.92 Å². The summed E-state index contributed by atoms with van der Waals surface area (Å²) in [6.45, 7) is 6.06. The normalized spacial score (nSPS) is 17.0. The van der Waals surface area contributed by atoms with Crippen molar-refractivity contribution in [3.8, 4) is 0 Å². The van der Waals surface area contributed by atoms with Crippen LogP contribution in [0.2, 0.25) is 0 Å². The van der Waals surface area contributed by atoms with Gasteiger partial charge in [-0.25, -0.2) is 0 Å². The average molecular weight is 293 g/mol. The van der Waals surface area contributed by atoms with Crippen molar-refractivity contribution < 1.29 is 0 Å². The van der Waals surface area contributed by atoms with Gasteiger partial charge in [-0.3, -0.25) is 0 Å². The molecule has 0 radical (unpaired) electrons. The molecule has 0 atom stereocenters. The van der Waals surface area contributed by atoms with Crippen molar-refractivity contribution in [2.24, 2.45) is 5.92 Å². The van der Waals surface area contributed by atoms with Gasteiger partial charge in [-0.1, -0.05) is 67.6 Å². The number of likely N-dealkylation sites (tertiary alicyclic amines) is 1. The van der Waals surface area contributed by atoms with Crippen molar-refractivity contribution in [2.75, 3.05) is 19.6 Å². The summed E-state index contributed by atoms with van der Waals surface area (Å²) in [6.07, 6.45) is 3.90. The largest absolute Gasteiger partial charge is 0.303 e. The van der Waals surface area contributed by atoms with Gasteiger partial charge in [-0.15, -0.1) is 0 Å². The highest BCUT2D eigenvalue weighted by molar-refractivity contribution is 5.33. The fraction of sp³-hybridized carbons (Fsp3) is 0.429. The lowest BCUT2D eigenvalue weighted by Gasteiger charge is -2.36. The van der Waals surface area contributed by atoms with Crippen molar-refractivity contribution in [2.45, 2.75) is 32.1 Å². The maximum absolute atomic E-state index is 2.63. The van der Waals surface area contributed by atoms with Crippen LogP contribution in [0.1, 0.15) is 43.2 Å². The standard InChI is InChI=1S/C21H27N/c1-2-15-22-16-13-20(14-17-22)21(18-9-5-3-6-10-18)19-11-7-4-8-12-19/h3-12,20-21H,2,13-17H2,1H3. The van der Waals surface area contributed by atoms with Crippen LogP contribution in [0.3, 0.4) is 0 Å². The van der Waals surface area contributed by atoms with Gasteiger partial charge < -0.3 is 4.90 Å². The van der Waals surface area contributed by atoms with Crippen LogP contribution < -0.4 is 0 Å². The number of piperidine rings is 1. The second-order valence-corrected chi connectivity index (χ2v) is 6.48. The Hall–Kier alpha value is -1.60. The van der Waals surface area contributed by atoms with Gasteiger partial charge in [0.2, 0.25) is 0 Å². The summed E-state index contributed by atoms with van der Waals surface area (Å²) in [7, 11) is 0. The van der Waals surface area contributed by atoms with E-state index in [9.17, 15) is 0 Å². The SMILES string of the molecule is CCCN1CCC(C(c2ccccc2)c2ccccc2)CC1. The molecule has 0 aliphatic carbocycles. The van der Waals surface area contributed by atoms with Crippen molar-refractivity contribution in [3.05, 3.63) is 71.8 Å². The highest BCUT2D eigenvalue weighted by Crippen LogP contribution is 2.37. The molecule has 1 heteroatoms. The summed E-state index contributed by atoms with van der Waals surface area (Å²) in [4.78, 5) is 2.63. The molecule has 3 rings (SSSR count). The van der Waals surface area contributed by atoms with E-state index >= 15 is 0 Å². The second kappa shape index (κ2) is 7.60. The van der Waals surface area contributed by atoms with Crippen molar-refractivity contribution in [1.82, 2.24) is 4.90 Å².